The van der Waals surface area contributed by atoms with Gasteiger partial charge in [-0.2, -0.15) is 0 Å². The number of carbonyl (C=O) groups excluding carboxylic acids is 2. The van der Waals surface area contributed by atoms with Crippen LogP contribution in [0.15, 0.2) is 22.7 Å². The van der Waals surface area contributed by atoms with Crippen LogP contribution in [0.2, 0.25) is 0 Å². The highest BCUT2D eigenvalue weighted by Gasteiger charge is 2.07. The number of methoxy groups -OCH3 is 1. The normalized spacial score (nSPS) is 9.69. The number of halogens is 1. The number of rotatable bonds is 4. The van der Waals surface area contributed by atoms with Crippen molar-refractivity contribution in [3.63, 3.8) is 0 Å². The monoisotopic (exact) mass is 286 g/mol. The summed E-state index contributed by atoms with van der Waals surface area (Å²) in [5, 5.41) is 0. The van der Waals surface area contributed by atoms with Gasteiger partial charge in [0, 0.05) is 5.56 Å². The van der Waals surface area contributed by atoms with Gasteiger partial charge >= 0.3 is 5.97 Å². The van der Waals surface area contributed by atoms with Gasteiger partial charge in [-0.1, -0.05) is 0 Å². The first kappa shape index (κ1) is 12.7. The molecule has 86 valence electrons. The second-order valence-corrected chi connectivity index (χ2v) is 3.92. The minimum Gasteiger partial charge on any atom is -0.481 e. The Morgan fingerprint density at radius 3 is 2.56 bits per heavy atom. The molecule has 0 fully saturated rings. The van der Waals surface area contributed by atoms with Crippen molar-refractivity contribution in [1.29, 1.82) is 0 Å². The van der Waals surface area contributed by atoms with Crippen LogP contribution in [0.25, 0.3) is 0 Å². The van der Waals surface area contributed by atoms with E-state index in [1.54, 1.807) is 18.2 Å². The number of hydrogen-bond donors (Lipinski definition) is 0. The van der Waals surface area contributed by atoms with Gasteiger partial charge < -0.3 is 9.47 Å². The molecule has 1 aromatic rings. The van der Waals surface area contributed by atoms with E-state index in [0.717, 1.165) is 0 Å². The van der Waals surface area contributed by atoms with E-state index in [-0.39, 0.29) is 12.4 Å². The Balaban J connectivity index is 2.75. The summed E-state index contributed by atoms with van der Waals surface area (Å²) in [6.45, 7) is 1.32. The van der Waals surface area contributed by atoms with Crippen molar-refractivity contribution in [2.45, 2.75) is 6.92 Å². The molecule has 0 aliphatic rings. The Bertz CT molecular complexity index is 414. The highest BCUT2D eigenvalue weighted by atomic mass is 79.9. The maximum atomic E-state index is 11.1. The molecule has 0 atom stereocenters. The van der Waals surface area contributed by atoms with E-state index in [4.69, 9.17) is 4.74 Å². The van der Waals surface area contributed by atoms with Crippen LogP contribution in [0.4, 0.5) is 0 Å². The molecule has 0 radical (unpaired) electrons. The van der Waals surface area contributed by atoms with Crippen LogP contribution in [-0.2, 0) is 9.53 Å². The molecule has 0 aromatic heterocycles. The van der Waals surface area contributed by atoms with Crippen LogP contribution in [0.3, 0.4) is 0 Å². The average molecular weight is 287 g/mol. The van der Waals surface area contributed by atoms with Crippen molar-refractivity contribution < 1.29 is 19.1 Å². The molecule has 0 unspecified atom stereocenters. The van der Waals surface area contributed by atoms with E-state index in [1.807, 2.05) is 0 Å². The van der Waals surface area contributed by atoms with Crippen LogP contribution < -0.4 is 4.74 Å². The molecular weight excluding hydrogens is 276 g/mol. The summed E-state index contributed by atoms with van der Waals surface area (Å²) in [5.74, 6) is 0.0122. The van der Waals surface area contributed by atoms with Gasteiger partial charge in [-0.05, 0) is 41.1 Å². The second kappa shape index (κ2) is 5.65. The Kier molecular flexibility index (Phi) is 4.49. The summed E-state index contributed by atoms with van der Waals surface area (Å²) in [6, 6.07) is 4.92. The molecule has 16 heavy (non-hydrogen) atoms. The lowest BCUT2D eigenvalue weighted by molar-refractivity contribution is -0.142. The molecule has 1 aromatic carbocycles. The van der Waals surface area contributed by atoms with E-state index in [1.165, 1.54) is 14.0 Å². The van der Waals surface area contributed by atoms with Gasteiger partial charge in [-0.15, -0.1) is 0 Å². The Hall–Kier alpha value is -1.36. The highest BCUT2D eigenvalue weighted by molar-refractivity contribution is 9.10. The quantitative estimate of drug-likeness (QED) is 0.629. The maximum absolute atomic E-state index is 11.1. The van der Waals surface area contributed by atoms with E-state index in [2.05, 4.69) is 20.7 Å². The van der Waals surface area contributed by atoms with Crippen LogP contribution in [0.1, 0.15) is 17.3 Å². The van der Waals surface area contributed by atoms with Crippen molar-refractivity contribution in [2.75, 3.05) is 13.7 Å². The van der Waals surface area contributed by atoms with Crippen molar-refractivity contribution in [2.24, 2.45) is 0 Å². The van der Waals surface area contributed by atoms with Gasteiger partial charge in [0.2, 0.25) is 0 Å². The zero-order valence-corrected chi connectivity index (χ0v) is 10.5. The molecule has 0 aliphatic heterocycles. The molecule has 0 N–H and O–H groups in total. The molecular formula is C11H11BrO4. The summed E-state index contributed by atoms with van der Waals surface area (Å²) in [7, 11) is 1.29. The van der Waals surface area contributed by atoms with E-state index < -0.39 is 5.97 Å². The number of esters is 1. The van der Waals surface area contributed by atoms with Crippen molar-refractivity contribution in [3.8, 4) is 5.75 Å². The number of Topliss-reactive ketones (excluding diaryl/α,β-unsaturated/α-hetero) is 1. The zero-order chi connectivity index (χ0) is 12.1. The maximum Gasteiger partial charge on any atom is 0.343 e. The molecule has 0 amide bonds. The summed E-state index contributed by atoms with van der Waals surface area (Å²) in [6.07, 6.45) is 0. The molecule has 0 heterocycles. The van der Waals surface area contributed by atoms with Crippen molar-refractivity contribution in [3.05, 3.63) is 28.2 Å². The fourth-order valence-electron chi connectivity index (χ4n) is 1.03. The van der Waals surface area contributed by atoms with Gasteiger partial charge in [-0.25, -0.2) is 4.79 Å². The molecule has 0 spiro atoms. The van der Waals surface area contributed by atoms with Gasteiger partial charge in [-0.3, -0.25) is 4.79 Å². The summed E-state index contributed by atoms with van der Waals surface area (Å²) in [5.41, 5.74) is 0.581. The predicted molar refractivity (Wildman–Crippen MR) is 61.7 cm³/mol. The third kappa shape index (κ3) is 3.34. The van der Waals surface area contributed by atoms with Crippen LogP contribution >= 0.6 is 15.9 Å². The number of hydrogen-bond acceptors (Lipinski definition) is 4. The number of benzene rings is 1. The molecule has 5 heteroatoms. The molecule has 0 bridgehead atoms. The van der Waals surface area contributed by atoms with Crippen molar-refractivity contribution >= 4 is 27.7 Å². The SMILES string of the molecule is COC(=O)COc1ccc(C(C)=O)cc1Br. The number of carbonyl (C=O) groups is 2. The Labute approximate surface area is 102 Å². The van der Waals surface area contributed by atoms with Gasteiger partial charge in [0.25, 0.3) is 0 Å². The topological polar surface area (TPSA) is 52.6 Å². The third-order valence-electron chi connectivity index (χ3n) is 1.91. The summed E-state index contributed by atoms with van der Waals surface area (Å²) in [4.78, 5) is 21.9. The number of ketones is 1. The van der Waals surface area contributed by atoms with E-state index in [0.29, 0.717) is 15.8 Å². The standard InChI is InChI=1S/C11H11BrO4/c1-7(13)8-3-4-10(9(12)5-8)16-6-11(14)15-2/h3-5H,6H2,1-2H3. The van der Waals surface area contributed by atoms with E-state index >= 15 is 0 Å². The summed E-state index contributed by atoms with van der Waals surface area (Å²) < 4.78 is 10.3. The predicted octanol–water partition coefficient (Wildman–Crippen LogP) is 2.20. The molecule has 0 saturated carbocycles. The molecule has 1 rings (SSSR count). The van der Waals surface area contributed by atoms with Gasteiger partial charge in [0.1, 0.15) is 5.75 Å². The first-order valence-electron chi connectivity index (χ1n) is 4.54. The number of ether oxygens (including phenoxy) is 2. The third-order valence-corrected chi connectivity index (χ3v) is 2.53. The van der Waals surface area contributed by atoms with Crippen LogP contribution in [-0.4, -0.2) is 25.5 Å². The highest BCUT2D eigenvalue weighted by Crippen LogP contribution is 2.26. The van der Waals surface area contributed by atoms with Gasteiger partial charge in [0.15, 0.2) is 12.4 Å². The molecule has 0 saturated heterocycles. The first-order chi connectivity index (χ1) is 7.54. The molecule has 0 aliphatic carbocycles. The lowest BCUT2D eigenvalue weighted by Gasteiger charge is -2.07. The lowest BCUT2D eigenvalue weighted by Crippen LogP contribution is -2.12. The Morgan fingerprint density at radius 2 is 2.06 bits per heavy atom. The zero-order valence-electron chi connectivity index (χ0n) is 8.95. The fraction of sp³-hybridized carbons (Fsp3) is 0.273. The fourth-order valence-corrected chi connectivity index (χ4v) is 1.53. The smallest absolute Gasteiger partial charge is 0.343 e. The Morgan fingerprint density at radius 1 is 1.38 bits per heavy atom. The second-order valence-electron chi connectivity index (χ2n) is 3.07. The average Bonchev–Trinajstić information content (AvgIpc) is 2.26. The van der Waals surface area contributed by atoms with Crippen LogP contribution in [0.5, 0.6) is 5.75 Å². The largest absolute Gasteiger partial charge is 0.481 e. The van der Waals surface area contributed by atoms with E-state index in [9.17, 15) is 9.59 Å². The lowest BCUT2D eigenvalue weighted by atomic mass is 10.1. The van der Waals surface area contributed by atoms with Crippen LogP contribution in [0, 0.1) is 0 Å². The molecule has 4 nitrogen and oxygen atoms in total. The minimum absolute atomic E-state index is 0.0276. The summed E-state index contributed by atoms with van der Waals surface area (Å²) >= 11 is 3.26. The van der Waals surface area contributed by atoms with Crippen molar-refractivity contribution in [1.82, 2.24) is 0 Å². The first-order valence-corrected chi connectivity index (χ1v) is 5.34. The van der Waals surface area contributed by atoms with Gasteiger partial charge in [0.05, 0.1) is 11.6 Å². The minimum atomic E-state index is -0.456.